The zero-order valence-electron chi connectivity index (χ0n) is 21.4. The Balaban J connectivity index is 1.20. The second-order valence-electron chi connectivity index (χ2n) is 9.66. The minimum absolute atomic E-state index is 0.00847. The number of nitrogens with two attached hydrogens (primary N) is 1. The summed E-state index contributed by atoms with van der Waals surface area (Å²) in [6, 6.07) is 13.0. The highest BCUT2D eigenvalue weighted by Crippen LogP contribution is 2.41. The Labute approximate surface area is 234 Å². The number of nitrogens with one attached hydrogen (secondary N) is 4. The Morgan fingerprint density at radius 1 is 1.15 bits per heavy atom. The molecule has 3 heterocycles. The van der Waals surface area contributed by atoms with Gasteiger partial charge in [0.25, 0.3) is 5.91 Å². The summed E-state index contributed by atoms with van der Waals surface area (Å²) in [5, 5.41) is 16.1. The number of anilines is 2. The molecule has 204 valence electrons. The van der Waals surface area contributed by atoms with Crippen LogP contribution in [0, 0.1) is 5.41 Å². The molecular formula is C27H31BrN8O3. The highest BCUT2D eigenvalue weighted by Gasteiger charge is 2.25. The summed E-state index contributed by atoms with van der Waals surface area (Å²) in [4.78, 5) is 32.3. The van der Waals surface area contributed by atoms with Gasteiger partial charge in [-0.25, -0.2) is 4.79 Å². The molecule has 0 radical (unpaired) electrons. The van der Waals surface area contributed by atoms with Crippen molar-refractivity contribution >= 4 is 39.3 Å². The summed E-state index contributed by atoms with van der Waals surface area (Å²) in [6.07, 6.45) is 4.31. The van der Waals surface area contributed by atoms with Crippen molar-refractivity contribution in [3.8, 4) is 11.5 Å². The van der Waals surface area contributed by atoms with E-state index in [2.05, 4.69) is 41.8 Å². The van der Waals surface area contributed by atoms with Gasteiger partial charge in [0.1, 0.15) is 0 Å². The highest BCUT2D eigenvalue weighted by atomic mass is 79.9. The van der Waals surface area contributed by atoms with E-state index in [0.29, 0.717) is 41.7 Å². The number of halogens is 1. The third-order valence-corrected chi connectivity index (χ3v) is 7.44. The molecule has 0 spiro atoms. The molecule has 5 rings (SSSR count). The fourth-order valence-electron chi connectivity index (χ4n) is 4.81. The van der Waals surface area contributed by atoms with E-state index in [0.717, 1.165) is 48.9 Å². The molecule has 2 aliphatic rings. The molecule has 2 aromatic carbocycles. The lowest BCUT2D eigenvalue weighted by atomic mass is 10.0. The molecule has 11 nitrogen and oxygen atoms in total. The largest absolute Gasteiger partial charge is 0.450 e. The number of aromatic nitrogens is 2. The van der Waals surface area contributed by atoms with Crippen LogP contribution in [0.25, 0.3) is 0 Å². The molecule has 0 aliphatic carbocycles. The maximum Gasteiger partial charge on any atom is 0.350 e. The van der Waals surface area contributed by atoms with Crippen molar-refractivity contribution in [3.63, 3.8) is 0 Å². The predicted octanol–water partition coefficient (Wildman–Crippen LogP) is 3.30. The standard InChI is InChI=1S/C27H31BrN8O3/c28-19-5-2-17(3-6-19)15-32-25(37)18-4-7-22-21(14-18)33-24-23(39-22)16-36(27(38)34-24)20-8-12-35(13-9-20)11-1-10-31-26(29)30/h2-7,14,16,20H,1,8-13,15H2,(H,32,37)(H4,29,30,31)(H,33,34,38). The first-order valence-corrected chi connectivity index (χ1v) is 13.7. The first-order chi connectivity index (χ1) is 18.9. The number of carbonyl (C=O) groups is 1. The van der Waals surface area contributed by atoms with Crippen LogP contribution >= 0.6 is 15.9 Å². The van der Waals surface area contributed by atoms with Crippen LogP contribution in [-0.2, 0) is 6.54 Å². The molecular weight excluding hydrogens is 564 g/mol. The summed E-state index contributed by atoms with van der Waals surface area (Å²) in [5.74, 6) is 1.16. The van der Waals surface area contributed by atoms with Gasteiger partial charge in [-0.1, -0.05) is 28.1 Å². The lowest BCUT2D eigenvalue weighted by Crippen LogP contribution is -2.39. The van der Waals surface area contributed by atoms with Gasteiger partial charge in [-0.15, -0.1) is 0 Å². The van der Waals surface area contributed by atoms with Crippen molar-refractivity contribution in [2.75, 3.05) is 31.5 Å². The molecule has 0 saturated carbocycles. The van der Waals surface area contributed by atoms with Gasteiger partial charge in [0.15, 0.2) is 23.3 Å². The summed E-state index contributed by atoms with van der Waals surface area (Å²) in [5.41, 5.74) is 7.04. The number of rotatable bonds is 8. The van der Waals surface area contributed by atoms with Crippen LogP contribution in [-0.4, -0.2) is 52.5 Å². The molecule has 39 heavy (non-hydrogen) atoms. The van der Waals surface area contributed by atoms with Crippen molar-refractivity contribution in [3.05, 3.63) is 74.7 Å². The number of likely N-dealkylation sites (tertiary alicyclic amines) is 1. The van der Waals surface area contributed by atoms with Crippen LogP contribution in [0.2, 0.25) is 0 Å². The van der Waals surface area contributed by atoms with E-state index in [9.17, 15) is 9.59 Å². The van der Waals surface area contributed by atoms with Gasteiger partial charge in [-0.05, 0) is 61.7 Å². The molecule has 0 bridgehead atoms. The highest BCUT2D eigenvalue weighted by molar-refractivity contribution is 9.10. The average Bonchev–Trinajstić information content (AvgIpc) is 2.93. The minimum atomic E-state index is -0.333. The van der Waals surface area contributed by atoms with E-state index >= 15 is 0 Å². The normalized spacial score (nSPS) is 14.9. The lowest BCUT2D eigenvalue weighted by Gasteiger charge is -2.33. The molecule has 12 heteroatoms. The number of guanidine groups is 1. The van der Waals surface area contributed by atoms with Gasteiger partial charge in [-0.2, -0.15) is 4.98 Å². The smallest absolute Gasteiger partial charge is 0.350 e. The van der Waals surface area contributed by atoms with Crippen LogP contribution in [0.5, 0.6) is 11.5 Å². The predicted molar refractivity (Wildman–Crippen MR) is 153 cm³/mol. The Hall–Kier alpha value is -3.90. The maximum absolute atomic E-state index is 12.9. The van der Waals surface area contributed by atoms with E-state index in [-0.39, 0.29) is 23.6 Å². The number of hydrogen-bond acceptors (Lipinski definition) is 7. The summed E-state index contributed by atoms with van der Waals surface area (Å²) < 4.78 is 8.73. The van der Waals surface area contributed by atoms with Gasteiger partial charge in [0.2, 0.25) is 0 Å². The third kappa shape index (κ3) is 6.58. The lowest BCUT2D eigenvalue weighted by molar-refractivity contribution is 0.0951. The Kier molecular flexibility index (Phi) is 8.13. The number of ether oxygens (including phenoxy) is 1. The minimum Gasteiger partial charge on any atom is -0.450 e. The number of carbonyl (C=O) groups excluding carboxylic acids is 1. The summed E-state index contributed by atoms with van der Waals surface area (Å²) in [7, 11) is 0. The fourth-order valence-corrected chi connectivity index (χ4v) is 5.08. The van der Waals surface area contributed by atoms with Crippen molar-refractivity contribution in [1.29, 1.82) is 5.41 Å². The first-order valence-electron chi connectivity index (χ1n) is 12.9. The van der Waals surface area contributed by atoms with Crippen LogP contribution in [0.15, 0.2) is 57.9 Å². The van der Waals surface area contributed by atoms with E-state index in [1.54, 1.807) is 29.0 Å². The Morgan fingerprint density at radius 2 is 1.92 bits per heavy atom. The Bertz CT molecular complexity index is 1420. The van der Waals surface area contributed by atoms with Crippen LogP contribution in [0.1, 0.15) is 41.2 Å². The number of amides is 1. The second kappa shape index (κ2) is 11.9. The average molecular weight is 596 g/mol. The van der Waals surface area contributed by atoms with E-state index < -0.39 is 0 Å². The first kappa shape index (κ1) is 26.7. The molecule has 1 fully saturated rings. The molecule has 0 atom stereocenters. The monoisotopic (exact) mass is 594 g/mol. The second-order valence-corrected chi connectivity index (χ2v) is 10.6. The molecule has 1 aromatic heterocycles. The van der Waals surface area contributed by atoms with E-state index in [1.165, 1.54) is 0 Å². The van der Waals surface area contributed by atoms with E-state index in [1.807, 2.05) is 24.3 Å². The quantitative estimate of drug-likeness (QED) is 0.118. The molecule has 0 unspecified atom stereocenters. The molecule has 2 aliphatic heterocycles. The number of piperidine rings is 1. The van der Waals surface area contributed by atoms with Crippen molar-refractivity contribution in [2.45, 2.75) is 31.8 Å². The van der Waals surface area contributed by atoms with Crippen LogP contribution in [0.4, 0.5) is 11.5 Å². The molecule has 1 saturated heterocycles. The zero-order chi connectivity index (χ0) is 27.4. The van der Waals surface area contributed by atoms with Crippen LogP contribution in [0.3, 0.4) is 0 Å². The van der Waals surface area contributed by atoms with Crippen LogP contribution < -0.4 is 32.1 Å². The van der Waals surface area contributed by atoms with Crippen molar-refractivity contribution < 1.29 is 9.53 Å². The Morgan fingerprint density at radius 3 is 2.67 bits per heavy atom. The van der Waals surface area contributed by atoms with Gasteiger partial charge < -0.3 is 31.3 Å². The number of hydrogen-bond donors (Lipinski definition) is 5. The number of nitrogens with zero attached hydrogens (tertiary/aromatic N) is 3. The summed E-state index contributed by atoms with van der Waals surface area (Å²) in [6.45, 7) is 3.75. The maximum atomic E-state index is 12.9. The third-order valence-electron chi connectivity index (χ3n) is 6.92. The number of fused-ring (bicyclic) bond motifs is 2. The topological polar surface area (TPSA) is 150 Å². The fraction of sp³-hybridized carbons (Fsp3) is 0.333. The van der Waals surface area contributed by atoms with Crippen molar-refractivity contribution in [2.24, 2.45) is 5.73 Å². The molecule has 6 N–H and O–H groups in total. The van der Waals surface area contributed by atoms with Gasteiger partial charge in [-0.3, -0.25) is 14.8 Å². The molecule has 1 amide bonds. The number of benzene rings is 2. The molecule has 3 aromatic rings. The SMILES string of the molecule is N=C(N)NCCCN1CCC(n2cc3c(nc2=O)Nc2cc(C(=O)NCc4ccc(Br)cc4)ccc2O3)CC1. The van der Waals surface area contributed by atoms with Gasteiger partial charge in [0, 0.05) is 42.3 Å². The van der Waals surface area contributed by atoms with E-state index in [4.69, 9.17) is 15.9 Å². The van der Waals surface area contributed by atoms with Crippen molar-refractivity contribution in [1.82, 2.24) is 25.1 Å². The zero-order valence-corrected chi connectivity index (χ0v) is 23.0. The van der Waals surface area contributed by atoms with Gasteiger partial charge in [0.05, 0.1) is 11.9 Å². The van der Waals surface area contributed by atoms with Gasteiger partial charge >= 0.3 is 5.69 Å². The summed E-state index contributed by atoms with van der Waals surface area (Å²) >= 11 is 3.41.